The van der Waals surface area contributed by atoms with Gasteiger partial charge in [-0.1, -0.05) is 12.2 Å². The second kappa shape index (κ2) is 11.7. The van der Waals surface area contributed by atoms with E-state index in [0.29, 0.717) is 12.5 Å². The third-order valence-corrected chi connectivity index (χ3v) is 2.72. The molecule has 0 aliphatic rings. The Bertz CT molecular complexity index is 221. The number of aliphatic carboxylic acids is 1. The molecule has 1 unspecified atom stereocenters. The van der Waals surface area contributed by atoms with E-state index in [1.165, 1.54) is 0 Å². The van der Waals surface area contributed by atoms with Gasteiger partial charge >= 0.3 is 5.97 Å². The predicted molar refractivity (Wildman–Crippen MR) is 66.2 cm³/mol. The van der Waals surface area contributed by atoms with Gasteiger partial charge in [-0.25, -0.2) is 0 Å². The van der Waals surface area contributed by atoms with Gasteiger partial charge in [0.2, 0.25) is 0 Å². The molecule has 4 heteroatoms. The van der Waals surface area contributed by atoms with Gasteiger partial charge in [0.15, 0.2) is 0 Å². The molecule has 3 nitrogen and oxygen atoms in total. The quantitative estimate of drug-likeness (QED) is 0.369. The third-order valence-electron chi connectivity index (χ3n) is 2.72. The molecule has 0 saturated heterocycles. The molecule has 3 N–H and O–H groups in total. The number of quaternary nitrogens is 1. The molecular weight excluding hydrogens is 238 g/mol. The van der Waals surface area contributed by atoms with E-state index in [9.17, 15) is 4.79 Å². The first kappa shape index (κ1) is 18.6. The Morgan fingerprint density at radius 3 is 2.29 bits per heavy atom. The highest BCUT2D eigenvalue weighted by atomic mass is 35.5. The van der Waals surface area contributed by atoms with Gasteiger partial charge in [-0.2, -0.15) is 0 Å². The molecule has 0 aliphatic heterocycles. The monoisotopic (exact) mass is 261 g/mol. The summed E-state index contributed by atoms with van der Waals surface area (Å²) in [6.07, 6.45) is 6.98. The van der Waals surface area contributed by atoms with E-state index in [-0.39, 0.29) is 18.3 Å². The van der Waals surface area contributed by atoms with Crippen molar-refractivity contribution in [3.8, 4) is 0 Å². The van der Waals surface area contributed by atoms with Crippen LogP contribution >= 0.6 is 0 Å². The minimum Gasteiger partial charge on any atom is -1.00 e. The second-order valence-electron chi connectivity index (χ2n) is 4.26. The van der Waals surface area contributed by atoms with Crippen LogP contribution in [-0.4, -0.2) is 24.2 Å². The summed E-state index contributed by atoms with van der Waals surface area (Å²) in [5.41, 5.74) is 0. The number of nitrogens with two attached hydrogens (primary N) is 1. The van der Waals surface area contributed by atoms with Crippen molar-refractivity contribution in [3.05, 3.63) is 25.3 Å². The van der Waals surface area contributed by atoms with Crippen LogP contribution in [0.4, 0.5) is 0 Å². The lowest BCUT2D eigenvalue weighted by Crippen LogP contribution is -3.00. The van der Waals surface area contributed by atoms with Crippen molar-refractivity contribution >= 4 is 5.97 Å². The molecule has 0 fully saturated rings. The number of carboxylic acids is 1. The summed E-state index contributed by atoms with van der Waals surface area (Å²) in [5, 5.41) is 10.8. The molecule has 17 heavy (non-hydrogen) atoms. The lowest BCUT2D eigenvalue weighted by Gasteiger charge is -2.12. The topological polar surface area (TPSA) is 53.9 Å². The summed E-state index contributed by atoms with van der Waals surface area (Å²) >= 11 is 0. The van der Waals surface area contributed by atoms with E-state index >= 15 is 0 Å². The normalized spacial score (nSPS) is 11.6. The molecule has 0 aliphatic carbocycles. The Balaban J connectivity index is 0. The van der Waals surface area contributed by atoms with E-state index < -0.39 is 5.97 Å². The lowest BCUT2D eigenvalue weighted by atomic mass is 9.97. The zero-order valence-electron chi connectivity index (χ0n) is 10.6. The average molecular weight is 262 g/mol. The van der Waals surface area contributed by atoms with Crippen molar-refractivity contribution in [1.82, 2.24) is 0 Å². The molecule has 0 bridgehead atoms. The van der Waals surface area contributed by atoms with Gasteiger partial charge in [0.1, 0.15) is 5.92 Å². The molecule has 0 heterocycles. The van der Waals surface area contributed by atoms with Crippen molar-refractivity contribution in [2.24, 2.45) is 11.8 Å². The zero-order chi connectivity index (χ0) is 12.4. The molecule has 100 valence electrons. The minimum absolute atomic E-state index is 0. The van der Waals surface area contributed by atoms with Crippen LogP contribution in [0.3, 0.4) is 0 Å². The van der Waals surface area contributed by atoms with Crippen molar-refractivity contribution < 1.29 is 27.6 Å². The first-order valence-corrected chi connectivity index (χ1v) is 5.88. The van der Waals surface area contributed by atoms with Gasteiger partial charge in [0.05, 0.1) is 13.1 Å². The first-order chi connectivity index (χ1) is 7.61. The predicted octanol–water partition coefficient (Wildman–Crippen LogP) is -1.57. The molecule has 1 atom stereocenters. The molecule has 0 aromatic rings. The largest absolute Gasteiger partial charge is 1.00 e. The smallest absolute Gasteiger partial charge is 0.311 e. The van der Waals surface area contributed by atoms with Crippen LogP contribution in [0.5, 0.6) is 0 Å². The highest BCUT2D eigenvalue weighted by Gasteiger charge is 2.13. The number of halogens is 1. The Morgan fingerprint density at radius 1 is 1.35 bits per heavy atom. The molecule has 0 radical (unpaired) electrons. The molecule has 0 rings (SSSR count). The fourth-order valence-electron chi connectivity index (χ4n) is 1.63. The Labute approximate surface area is 110 Å². The van der Waals surface area contributed by atoms with Crippen LogP contribution in [0.1, 0.15) is 26.2 Å². The molecule has 0 amide bonds. The van der Waals surface area contributed by atoms with Gasteiger partial charge in [-0.05, 0) is 32.1 Å². The number of hydrogen-bond donors (Lipinski definition) is 2. The van der Waals surface area contributed by atoms with E-state index in [2.05, 4.69) is 18.5 Å². The molecule has 0 aromatic heterocycles. The number of rotatable bonds is 10. The van der Waals surface area contributed by atoms with E-state index in [4.69, 9.17) is 5.11 Å². The summed E-state index contributed by atoms with van der Waals surface area (Å²) in [7, 11) is 0. The van der Waals surface area contributed by atoms with Crippen molar-refractivity contribution in [3.63, 3.8) is 0 Å². The van der Waals surface area contributed by atoms with Crippen LogP contribution in [0, 0.1) is 11.8 Å². The van der Waals surface area contributed by atoms with Crippen LogP contribution in [0.2, 0.25) is 0 Å². The molecular formula is C13H24ClNO2. The lowest BCUT2D eigenvalue weighted by molar-refractivity contribution is -0.659. The number of carbonyl (C=O) groups is 1. The maximum Gasteiger partial charge on any atom is 0.311 e. The van der Waals surface area contributed by atoms with Crippen molar-refractivity contribution in [2.75, 3.05) is 13.1 Å². The fourth-order valence-corrected chi connectivity index (χ4v) is 1.63. The minimum atomic E-state index is -0.718. The maximum absolute atomic E-state index is 10.6. The highest BCUT2D eigenvalue weighted by molar-refractivity contribution is 5.69. The number of carboxylic acid groups (broad SMARTS) is 1. The standard InChI is InChI=1S/C13H23NO2.ClH/c1-4-6-12(7-5-2)8-9-14-10-11(3)13(15)16;/h4-5,11-12,14H,1-2,6-10H2,3H3,(H,15,16);1H. The van der Waals surface area contributed by atoms with Gasteiger partial charge in [-0.15, -0.1) is 13.2 Å². The fraction of sp³-hybridized carbons (Fsp3) is 0.615. The molecule has 0 spiro atoms. The van der Waals surface area contributed by atoms with Crippen LogP contribution in [0.25, 0.3) is 0 Å². The summed E-state index contributed by atoms with van der Waals surface area (Å²) in [4.78, 5) is 10.6. The summed E-state index contributed by atoms with van der Waals surface area (Å²) < 4.78 is 0. The van der Waals surface area contributed by atoms with E-state index in [1.807, 2.05) is 12.2 Å². The van der Waals surface area contributed by atoms with Crippen LogP contribution in [0.15, 0.2) is 25.3 Å². The highest BCUT2D eigenvalue weighted by Crippen LogP contribution is 2.12. The molecule has 0 aromatic carbocycles. The SMILES string of the molecule is C=CCC(CC=C)CC[NH2+]CC(C)C(=O)O.[Cl-]. The Morgan fingerprint density at radius 2 is 1.88 bits per heavy atom. The van der Waals surface area contributed by atoms with Crippen LogP contribution in [-0.2, 0) is 4.79 Å². The van der Waals surface area contributed by atoms with Gasteiger partial charge < -0.3 is 22.8 Å². The van der Waals surface area contributed by atoms with Crippen molar-refractivity contribution in [1.29, 1.82) is 0 Å². The van der Waals surface area contributed by atoms with Gasteiger partial charge in [-0.3, -0.25) is 4.79 Å². The Hall–Kier alpha value is -0.800. The van der Waals surface area contributed by atoms with E-state index in [0.717, 1.165) is 25.8 Å². The molecule has 0 saturated carbocycles. The Kier molecular flexibility index (Phi) is 12.8. The summed E-state index contributed by atoms with van der Waals surface area (Å²) in [6.45, 7) is 10.9. The third kappa shape index (κ3) is 10.1. The first-order valence-electron chi connectivity index (χ1n) is 5.88. The van der Waals surface area contributed by atoms with Gasteiger partial charge in [0.25, 0.3) is 0 Å². The van der Waals surface area contributed by atoms with Crippen molar-refractivity contribution in [2.45, 2.75) is 26.2 Å². The summed E-state index contributed by atoms with van der Waals surface area (Å²) in [5.74, 6) is -0.381. The number of allylic oxidation sites excluding steroid dienone is 2. The maximum atomic E-state index is 10.6. The van der Waals surface area contributed by atoms with Crippen LogP contribution < -0.4 is 17.7 Å². The number of hydrogen-bond acceptors (Lipinski definition) is 1. The zero-order valence-corrected chi connectivity index (χ0v) is 11.3. The van der Waals surface area contributed by atoms with Gasteiger partial charge in [0, 0.05) is 0 Å². The summed E-state index contributed by atoms with van der Waals surface area (Å²) in [6, 6.07) is 0. The second-order valence-corrected chi connectivity index (χ2v) is 4.26. The van der Waals surface area contributed by atoms with E-state index in [1.54, 1.807) is 6.92 Å². The average Bonchev–Trinajstić information content (AvgIpc) is 2.24.